The maximum atomic E-state index is 13.7. The topological polar surface area (TPSA) is 55.9 Å². The van der Waals surface area contributed by atoms with Crippen molar-refractivity contribution in [1.82, 2.24) is 0 Å². The Hall–Kier alpha value is -0.900. The molecule has 34 heavy (non-hydrogen) atoms. The van der Waals surface area contributed by atoms with Crippen LogP contribution in [0.15, 0.2) is 0 Å². The third-order valence-electron chi connectivity index (χ3n) is 14.0. The molecule has 1 unspecified atom stereocenters. The molecule has 7 fully saturated rings. The number of epoxide rings is 1. The van der Waals surface area contributed by atoms with Crippen LogP contribution < -0.4 is 0 Å². The molecule has 7 aliphatic rings. The molecule has 7 rings (SSSR count). The van der Waals surface area contributed by atoms with Crippen LogP contribution in [0.2, 0.25) is 0 Å². The lowest BCUT2D eigenvalue weighted by Crippen LogP contribution is -2.74. The molecule has 2 heterocycles. The van der Waals surface area contributed by atoms with Gasteiger partial charge in [0, 0.05) is 23.2 Å². The molecule has 1 spiro atoms. The number of ketones is 1. The minimum atomic E-state index is -0.473. The first kappa shape index (κ1) is 22.3. The standard InChI is InChI=1S/C30H44O4/c1-24(2)12-14-29-15-13-28(7)27(6)11-8-17-25(3,4)19(31)9-10-26(17,5)21(27)20-22(33-20)30(28,18(29)16-24)34-23(29)32/h17-18,20-22H,8-16H2,1-7H3/t17-,18+,20-,21+,22-,26-,27+,28-,29?,30+/m0/s1. The summed E-state index contributed by atoms with van der Waals surface area (Å²) in [6, 6.07) is 0. The Morgan fingerprint density at radius 3 is 2.26 bits per heavy atom. The summed E-state index contributed by atoms with van der Waals surface area (Å²) in [4.78, 5) is 26.7. The van der Waals surface area contributed by atoms with E-state index in [0.29, 0.717) is 24.0 Å². The van der Waals surface area contributed by atoms with Gasteiger partial charge in [0.1, 0.15) is 11.9 Å². The van der Waals surface area contributed by atoms with Gasteiger partial charge in [-0.15, -0.1) is 0 Å². The van der Waals surface area contributed by atoms with E-state index in [-0.39, 0.29) is 56.6 Å². The van der Waals surface area contributed by atoms with Crippen molar-refractivity contribution in [2.24, 2.45) is 50.2 Å². The summed E-state index contributed by atoms with van der Waals surface area (Å²) in [5.74, 6) is 1.65. The van der Waals surface area contributed by atoms with Gasteiger partial charge in [-0.1, -0.05) is 48.5 Å². The van der Waals surface area contributed by atoms with E-state index in [0.717, 1.165) is 51.4 Å². The Bertz CT molecular complexity index is 1010. The molecule has 5 saturated carbocycles. The average Bonchev–Trinajstić information content (AvgIpc) is 3.49. The molecule has 10 atom stereocenters. The molecular weight excluding hydrogens is 424 g/mol. The van der Waals surface area contributed by atoms with Gasteiger partial charge in [-0.25, -0.2) is 0 Å². The van der Waals surface area contributed by atoms with Crippen molar-refractivity contribution in [2.45, 2.75) is 124 Å². The fraction of sp³-hybridized carbons (Fsp3) is 0.933. The molecule has 4 nitrogen and oxygen atoms in total. The highest BCUT2D eigenvalue weighted by Crippen LogP contribution is 2.83. The van der Waals surface area contributed by atoms with E-state index in [4.69, 9.17) is 9.47 Å². The van der Waals surface area contributed by atoms with Crippen LogP contribution in [0.25, 0.3) is 0 Å². The van der Waals surface area contributed by atoms with Gasteiger partial charge in [-0.3, -0.25) is 9.59 Å². The second-order valence-electron chi connectivity index (χ2n) is 15.8. The van der Waals surface area contributed by atoms with Gasteiger partial charge >= 0.3 is 5.97 Å². The smallest absolute Gasteiger partial charge is 0.313 e. The van der Waals surface area contributed by atoms with Gasteiger partial charge in [-0.05, 0) is 79.4 Å². The molecule has 188 valence electrons. The third-order valence-corrected chi connectivity index (χ3v) is 14.0. The summed E-state index contributed by atoms with van der Waals surface area (Å²) in [6.45, 7) is 16.7. The zero-order valence-corrected chi connectivity index (χ0v) is 22.4. The fourth-order valence-corrected chi connectivity index (χ4v) is 12.0. The van der Waals surface area contributed by atoms with Crippen molar-refractivity contribution >= 4 is 11.8 Å². The van der Waals surface area contributed by atoms with Crippen molar-refractivity contribution in [1.29, 1.82) is 0 Å². The molecule has 0 radical (unpaired) electrons. The van der Waals surface area contributed by atoms with Gasteiger partial charge in [-0.2, -0.15) is 0 Å². The van der Waals surface area contributed by atoms with E-state index in [1.54, 1.807) is 0 Å². The maximum Gasteiger partial charge on any atom is 0.313 e. The number of carbonyl (C=O) groups is 2. The number of ether oxygens (including phenoxy) is 2. The lowest BCUT2D eigenvalue weighted by molar-refractivity contribution is -0.266. The zero-order chi connectivity index (χ0) is 24.3. The average molecular weight is 469 g/mol. The molecule has 0 aromatic heterocycles. The molecule has 0 N–H and O–H groups in total. The van der Waals surface area contributed by atoms with Crippen LogP contribution in [0.3, 0.4) is 0 Å². The molecular formula is C30H44O4. The van der Waals surface area contributed by atoms with Crippen molar-refractivity contribution in [3.63, 3.8) is 0 Å². The highest BCUT2D eigenvalue weighted by Gasteiger charge is 2.89. The predicted molar refractivity (Wildman–Crippen MR) is 129 cm³/mol. The van der Waals surface area contributed by atoms with Crippen LogP contribution in [-0.4, -0.2) is 29.6 Å². The quantitative estimate of drug-likeness (QED) is 0.318. The maximum absolute atomic E-state index is 13.7. The predicted octanol–water partition coefficient (Wildman–Crippen LogP) is 6.10. The molecule has 5 aliphatic carbocycles. The number of carbonyl (C=O) groups excluding carboxylic acids is 2. The number of esters is 1. The molecule has 0 aromatic carbocycles. The number of Topliss-reactive ketones (excluding diaryl/α,β-unsaturated/α-hetero) is 1. The lowest BCUT2D eigenvalue weighted by atomic mass is 9.31. The van der Waals surface area contributed by atoms with Gasteiger partial charge in [0.05, 0.1) is 11.5 Å². The summed E-state index contributed by atoms with van der Waals surface area (Å²) in [7, 11) is 0. The van der Waals surface area contributed by atoms with Gasteiger partial charge < -0.3 is 9.47 Å². The second kappa shape index (κ2) is 5.81. The Morgan fingerprint density at radius 1 is 0.824 bits per heavy atom. The van der Waals surface area contributed by atoms with E-state index in [2.05, 4.69) is 48.5 Å². The molecule has 0 amide bonds. The minimum absolute atomic E-state index is 0.0388. The monoisotopic (exact) mass is 468 g/mol. The van der Waals surface area contributed by atoms with E-state index >= 15 is 0 Å². The minimum Gasteiger partial charge on any atom is -0.455 e. The molecule has 2 saturated heterocycles. The van der Waals surface area contributed by atoms with E-state index in [1.165, 1.54) is 0 Å². The summed E-state index contributed by atoms with van der Waals surface area (Å²) in [6.07, 6.45) is 9.31. The van der Waals surface area contributed by atoms with Crippen molar-refractivity contribution in [2.75, 3.05) is 0 Å². The van der Waals surface area contributed by atoms with Crippen LogP contribution in [-0.2, 0) is 19.1 Å². The number of hydrogen-bond acceptors (Lipinski definition) is 4. The number of rotatable bonds is 0. The number of hydrogen-bond donors (Lipinski definition) is 0. The summed E-state index contributed by atoms with van der Waals surface area (Å²) < 4.78 is 13.6. The summed E-state index contributed by atoms with van der Waals surface area (Å²) in [5, 5.41) is 0. The Kier molecular flexibility index (Phi) is 3.81. The zero-order valence-electron chi connectivity index (χ0n) is 22.4. The van der Waals surface area contributed by atoms with E-state index in [1.807, 2.05) is 0 Å². The fourth-order valence-electron chi connectivity index (χ4n) is 12.0. The third kappa shape index (κ3) is 2.05. The highest BCUT2D eigenvalue weighted by molar-refractivity contribution is 5.85. The SMILES string of the molecule is CC1(C)CCC23CC[C@]4(C)[C@@](OC2=O)([C@@H]3C1)[C@H]1O[C@H]1[C@@H]1[C@@]2(C)CCC(=O)C(C)(C)[C@@H]2CC[C@]14C. The van der Waals surface area contributed by atoms with Crippen LogP contribution in [0.1, 0.15) is 106 Å². The largest absolute Gasteiger partial charge is 0.455 e. The van der Waals surface area contributed by atoms with Crippen LogP contribution in [0.4, 0.5) is 0 Å². The van der Waals surface area contributed by atoms with Gasteiger partial charge in [0.15, 0.2) is 5.60 Å². The van der Waals surface area contributed by atoms with Crippen molar-refractivity contribution in [3.05, 3.63) is 0 Å². The summed E-state index contributed by atoms with van der Waals surface area (Å²) in [5.41, 5.74) is -0.720. The van der Waals surface area contributed by atoms with E-state index in [9.17, 15) is 9.59 Å². The van der Waals surface area contributed by atoms with Crippen LogP contribution >= 0.6 is 0 Å². The van der Waals surface area contributed by atoms with Crippen molar-refractivity contribution < 1.29 is 19.1 Å². The summed E-state index contributed by atoms with van der Waals surface area (Å²) >= 11 is 0. The Labute approximate surface area is 205 Å². The van der Waals surface area contributed by atoms with Crippen molar-refractivity contribution in [3.8, 4) is 0 Å². The molecule has 4 heteroatoms. The molecule has 0 aromatic rings. The highest BCUT2D eigenvalue weighted by atomic mass is 16.6. The van der Waals surface area contributed by atoms with E-state index < -0.39 is 5.60 Å². The Morgan fingerprint density at radius 2 is 1.53 bits per heavy atom. The van der Waals surface area contributed by atoms with Gasteiger partial charge in [0.25, 0.3) is 0 Å². The molecule has 2 bridgehead atoms. The lowest BCUT2D eigenvalue weighted by Gasteiger charge is -2.72. The van der Waals surface area contributed by atoms with Crippen LogP contribution in [0.5, 0.6) is 0 Å². The normalized spacial score (nSPS) is 60.1. The molecule has 2 aliphatic heterocycles. The Balaban J connectivity index is 1.39. The number of fused-ring (bicyclic) bond motifs is 6. The second-order valence-corrected chi connectivity index (χ2v) is 15.8. The van der Waals surface area contributed by atoms with Crippen LogP contribution in [0, 0.1) is 50.2 Å². The first-order chi connectivity index (χ1) is 15.7. The first-order valence-corrected chi connectivity index (χ1v) is 14.1. The van der Waals surface area contributed by atoms with Gasteiger partial charge in [0.2, 0.25) is 0 Å². The first-order valence-electron chi connectivity index (χ1n) is 14.1.